The van der Waals surface area contributed by atoms with Gasteiger partial charge in [-0.2, -0.15) is 0 Å². The molecule has 130 valence electrons. The molecule has 0 spiro atoms. The van der Waals surface area contributed by atoms with Crippen molar-refractivity contribution in [3.05, 3.63) is 47.9 Å². The van der Waals surface area contributed by atoms with Gasteiger partial charge in [0.05, 0.1) is 6.26 Å². The molecule has 0 saturated heterocycles. The van der Waals surface area contributed by atoms with Gasteiger partial charge in [-0.3, -0.25) is 0 Å². The van der Waals surface area contributed by atoms with Gasteiger partial charge in [0, 0.05) is 28.3 Å². The van der Waals surface area contributed by atoms with Crippen molar-refractivity contribution < 1.29 is 9.21 Å². The van der Waals surface area contributed by atoms with Gasteiger partial charge in [-0.25, -0.2) is 4.79 Å². The highest BCUT2D eigenvalue weighted by atomic mass is 32.2. The van der Waals surface area contributed by atoms with E-state index in [1.807, 2.05) is 43.8 Å². The molecule has 0 radical (unpaired) electrons. The zero-order chi connectivity index (χ0) is 17.5. The Hall–Kier alpha value is -1.88. The van der Waals surface area contributed by atoms with Crippen molar-refractivity contribution in [2.75, 3.05) is 5.32 Å². The third-order valence-corrected chi connectivity index (χ3v) is 5.09. The Morgan fingerprint density at radius 3 is 2.71 bits per heavy atom. The molecule has 0 aliphatic heterocycles. The van der Waals surface area contributed by atoms with Crippen LogP contribution in [-0.2, 0) is 6.42 Å². The second-order valence-electron chi connectivity index (χ2n) is 6.10. The van der Waals surface area contributed by atoms with Crippen LogP contribution in [0.4, 0.5) is 10.5 Å². The number of anilines is 1. The lowest BCUT2D eigenvalue weighted by atomic mass is 10.2. The second-order valence-corrected chi connectivity index (χ2v) is 7.61. The number of carbonyl (C=O) groups excluding carboxylic acids is 1. The number of rotatable bonds is 7. The summed E-state index contributed by atoms with van der Waals surface area (Å²) < 4.78 is 5.30. The number of hydrogen-bond acceptors (Lipinski definition) is 3. The predicted molar refractivity (Wildman–Crippen MR) is 101 cm³/mol. The van der Waals surface area contributed by atoms with Gasteiger partial charge >= 0.3 is 6.03 Å². The lowest BCUT2D eigenvalue weighted by Gasteiger charge is -2.15. The van der Waals surface area contributed by atoms with Crippen molar-refractivity contribution in [1.82, 2.24) is 5.32 Å². The van der Waals surface area contributed by atoms with Crippen LogP contribution in [0.2, 0.25) is 0 Å². The van der Waals surface area contributed by atoms with Crippen molar-refractivity contribution in [2.45, 2.75) is 56.7 Å². The van der Waals surface area contributed by atoms with Crippen molar-refractivity contribution in [3.8, 4) is 0 Å². The largest absolute Gasteiger partial charge is 0.469 e. The average Bonchev–Trinajstić information content (AvgIpc) is 3.02. The number of aryl methyl sites for hydroxylation is 1. The zero-order valence-corrected chi connectivity index (χ0v) is 15.6. The van der Waals surface area contributed by atoms with Crippen LogP contribution in [0.25, 0.3) is 0 Å². The molecule has 24 heavy (non-hydrogen) atoms. The third-order valence-electron chi connectivity index (χ3n) is 3.82. The number of carbonyl (C=O) groups is 1. The highest BCUT2D eigenvalue weighted by Crippen LogP contribution is 2.28. The number of amides is 2. The lowest BCUT2D eigenvalue weighted by molar-refractivity contribution is 0.248. The summed E-state index contributed by atoms with van der Waals surface area (Å²) in [5.41, 5.74) is 1.91. The van der Waals surface area contributed by atoms with Gasteiger partial charge < -0.3 is 15.1 Å². The van der Waals surface area contributed by atoms with Crippen LogP contribution in [0.1, 0.15) is 38.5 Å². The Balaban J connectivity index is 1.89. The Bertz CT molecular complexity index is 655. The summed E-state index contributed by atoms with van der Waals surface area (Å²) in [6.45, 7) is 8.39. The van der Waals surface area contributed by atoms with E-state index in [0.717, 1.165) is 23.4 Å². The first-order valence-corrected chi connectivity index (χ1v) is 9.23. The van der Waals surface area contributed by atoms with E-state index in [-0.39, 0.29) is 12.1 Å². The molecule has 1 aromatic carbocycles. The minimum Gasteiger partial charge on any atom is -0.469 e. The fourth-order valence-corrected chi connectivity index (χ4v) is 3.35. The third kappa shape index (κ3) is 5.64. The number of benzene rings is 1. The van der Waals surface area contributed by atoms with E-state index in [4.69, 9.17) is 4.42 Å². The van der Waals surface area contributed by atoms with Gasteiger partial charge in [0.1, 0.15) is 5.76 Å². The van der Waals surface area contributed by atoms with E-state index in [2.05, 4.69) is 36.6 Å². The highest BCUT2D eigenvalue weighted by Gasteiger charge is 2.11. The fraction of sp³-hybridized carbons (Fsp3) is 0.421. The van der Waals surface area contributed by atoms with Crippen LogP contribution >= 0.6 is 11.8 Å². The van der Waals surface area contributed by atoms with Crippen molar-refractivity contribution >= 4 is 23.5 Å². The van der Waals surface area contributed by atoms with E-state index < -0.39 is 0 Å². The standard InChI is InChI=1S/C19H26N2O2S/c1-5-15(4)24-17-8-9-18(13(2)11-17)21-19(22)20-14(3)12-16-7-6-10-23-16/h6-11,14-15H,5,12H2,1-4H3,(H2,20,21,22). The minimum absolute atomic E-state index is 0.00307. The first-order chi connectivity index (χ1) is 11.5. The van der Waals surface area contributed by atoms with E-state index in [9.17, 15) is 4.79 Å². The molecule has 2 atom stereocenters. The van der Waals surface area contributed by atoms with E-state index in [1.54, 1.807) is 6.26 Å². The summed E-state index contributed by atoms with van der Waals surface area (Å²) >= 11 is 1.86. The molecule has 0 aliphatic rings. The van der Waals surface area contributed by atoms with Crippen LogP contribution in [0.3, 0.4) is 0 Å². The van der Waals surface area contributed by atoms with E-state index >= 15 is 0 Å². The molecule has 2 rings (SSSR count). The molecule has 0 fully saturated rings. The van der Waals surface area contributed by atoms with Crippen molar-refractivity contribution in [1.29, 1.82) is 0 Å². The quantitative estimate of drug-likeness (QED) is 0.675. The van der Waals surface area contributed by atoms with Gasteiger partial charge in [0.15, 0.2) is 0 Å². The van der Waals surface area contributed by atoms with Gasteiger partial charge in [-0.15, -0.1) is 11.8 Å². The minimum atomic E-state index is -0.195. The van der Waals surface area contributed by atoms with Gasteiger partial charge in [-0.05, 0) is 56.2 Å². The summed E-state index contributed by atoms with van der Waals surface area (Å²) in [5.74, 6) is 0.866. The smallest absolute Gasteiger partial charge is 0.319 e. The molecule has 2 N–H and O–H groups in total. The summed E-state index contributed by atoms with van der Waals surface area (Å²) in [6.07, 6.45) is 3.45. The van der Waals surface area contributed by atoms with Gasteiger partial charge in [0.2, 0.25) is 0 Å². The van der Waals surface area contributed by atoms with Crippen LogP contribution < -0.4 is 10.6 Å². The predicted octanol–water partition coefficient (Wildman–Crippen LogP) is 5.23. The molecule has 1 aromatic heterocycles. The molecule has 0 bridgehead atoms. The molecule has 0 aliphatic carbocycles. The molecule has 5 heteroatoms. The number of urea groups is 1. The van der Waals surface area contributed by atoms with Gasteiger partial charge in [-0.1, -0.05) is 13.8 Å². The van der Waals surface area contributed by atoms with Crippen LogP contribution in [0.5, 0.6) is 0 Å². The Labute approximate surface area is 148 Å². The molecular formula is C19H26N2O2S. The second kappa shape index (κ2) is 8.83. The first kappa shape index (κ1) is 18.5. The summed E-state index contributed by atoms with van der Waals surface area (Å²) in [5, 5.41) is 6.45. The normalized spacial score (nSPS) is 13.3. The molecular weight excluding hydrogens is 320 g/mol. The first-order valence-electron chi connectivity index (χ1n) is 8.35. The summed E-state index contributed by atoms with van der Waals surface area (Å²) in [4.78, 5) is 13.4. The van der Waals surface area contributed by atoms with Crippen LogP contribution in [-0.4, -0.2) is 17.3 Å². The van der Waals surface area contributed by atoms with Crippen LogP contribution in [0.15, 0.2) is 45.9 Å². The van der Waals surface area contributed by atoms with Crippen LogP contribution in [0, 0.1) is 6.92 Å². The summed E-state index contributed by atoms with van der Waals surface area (Å²) in [7, 11) is 0. The van der Waals surface area contributed by atoms with E-state index in [1.165, 1.54) is 4.90 Å². The molecule has 0 saturated carbocycles. The molecule has 1 heterocycles. The topological polar surface area (TPSA) is 54.3 Å². The van der Waals surface area contributed by atoms with Crippen molar-refractivity contribution in [3.63, 3.8) is 0 Å². The Morgan fingerprint density at radius 2 is 2.08 bits per heavy atom. The number of hydrogen-bond donors (Lipinski definition) is 2. The maximum Gasteiger partial charge on any atom is 0.319 e. The lowest BCUT2D eigenvalue weighted by Crippen LogP contribution is -2.37. The molecule has 4 nitrogen and oxygen atoms in total. The van der Waals surface area contributed by atoms with E-state index in [0.29, 0.717) is 11.7 Å². The molecule has 2 aromatic rings. The summed E-state index contributed by atoms with van der Waals surface area (Å²) in [6, 6.07) is 9.72. The maximum absolute atomic E-state index is 12.2. The average molecular weight is 346 g/mol. The number of thioether (sulfide) groups is 1. The van der Waals surface area contributed by atoms with Gasteiger partial charge in [0.25, 0.3) is 0 Å². The number of nitrogens with one attached hydrogen (secondary N) is 2. The SMILES string of the molecule is CCC(C)Sc1ccc(NC(=O)NC(C)Cc2ccco2)c(C)c1. The monoisotopic (exact) mass is 346 g/mol. The molecule has 2 amide bonds. The molecule has 2 unspecified atom stereocenters. The fourth-order valence-electron chi connectivity index (χ4n) is 2.33. The zero-order valence-electron chi connectivity index (χ0n) is 14.8. The Morgan fingerprint density at radius 1 is 1.29 bits per heavy atom. The maximum atomic E-state index is 12.2. The highest BCUT2D eigenvalue weighted by molar-refractivity contribution is 7.99. The Kier molecular flexibility index (Phi) is 6.79. The van der Waals surface area contributed by atoms with Crippen molar-refractivity contribution in [2.24, 2.45) is 0 Å². The number of furan rings is 1.